The van der Waals surface area contributed by atoms with Gasteiger partial charge in [0.25, 0.3) is 10.1 Å². The Labute approximate surface area is 214 Å². The van der Waals surface area contributed by atoms with Crippen molar-refractivity contribution in [1.82, 2.24) is 0 Å². The molecule has 0 saturated carbocycles. The first-order valence-electron chi connectivity index (χ1n) is 11.0. The van der Waals surface area contributed by atoms with Crippen LogP contribution < -0.4 is 0 Å². The average molecular weight is 536 g/mol. The molecule has 5 heteroatoms. The molecular weight excluding hydrogens is 494 g/mol. The molecule has 0 atom stereocenters. The molecular formula is C23H42BaO3S. The van der Waals surface area contributed by atoms with E-state index in [0.717, 1.165) is 18.4 Å². The molecule has 0 aliphatic carbocycles. The van der Waals surface area contributed by atoms with Crippen LogP contribution in [0.2, 0.25) is 0 Å². The van der Waals surface area contributed by atoms with Gasteiger partial charge in [-0.15, -0.1) is 0 Å². The Morgan fingerprint density at radius 1 is 0.679 bits per heavy atom. The first-order chi connectivity index (χ1) is 13.1. The molecule has 1 rings (SSSR count). The standard InChI is InChI=1S/C23H40O3S.Ba.2H/c1-2-3-4-5-6-7-8-9-10-11-12-13-14-18-21-26-27(24,25)22-23-19-16-15-17-20-23;;;/h15-17,19-20H,2-14,18,21-22H2,1H3;;;. The van der Waals surface area contributed by atoms with Crippen molar-refractivity contribution in [3.05, 3.63) is 35.9 Å². The summed E-state index contributed by atoms with van der Waals surface area (Å²) in [4.78, 5) is 0. The molecule has 0 aliphatic rings. The Morgan fingerprint density at radius 3 is 1.57 bits per heavy atom. The number of hydrogen-bond acceptors (Lipinski definition) is 3. The van der Waals surface area contributed by atoms with E-state index in [0.29, 0.717) is 6.61 Å². The van der Waals surface area contributed by atoms with Gasteiger partial charge < -0.3 is 0 Å². The van der Waals surface area contributed by atoms with E-state index in [1.165, 1.54) is 77.0 Å². The molecule has 0 spiro atoms. The summed E-state index contributed by atoms with van der Waals surface area (Å²) in [5.74, 6) is -0.0353. The summed E-state index contributed by atoms with van der Waals surface area (Å²) in [6, 6.07) is 9.20. The predicted molar refractivity (Wildman–Crippen MR) is 124 cm³/mol. The third-order valence-corrected chi connectivity index (χ3v) is 6.16. The van der Waals surface area contributed by atoms with Crippen molar-refractivity contribution in [2.24, 2.45) is 0 Å². The molecule has 1 aromatic carbocycles. The second-order valence-electron chi connectivity index (χ2n) is 7.61. The van der Waals surface area contributed by atoms with Crippen LogP contribution in [0.25, 0.3) is 0 Å². The van der Waals surface area contributed by atoms with E-state index < -0.39 is 10.1 Å². The van der Waals surface area contributed by atoms with E-state index >= 15 is 0 Å². The van der Waals surface area contributed by atoms with Crippen molar-refractivity contribution < 1.29 is 12.6 Å². The van der Waals surface area contributed by atoms with Gasteiger partial charge in [-0.1, -0.05) is 121 Å². The van der Waals surface area contributed by atoms with Gasteiger partial charge in [0.15, 0.2) is 0 Å². The summed E-state index contributed by atoms with van der Waals surface area (Å²) >= 11 is 0. The summed E-state index contributed by atoms with van der Waals surface area (Å²) in [5.41, 5.74) is 0.776. The molecule has 0 aromatic heterocycles. The van der Waals surface area contributed by atoms with E-state index in [-0.39, 0.29) is 54.6 Å². The second kappa shape index (κ2) is 19.7. The van der Waals surface area contributed by atoms with Crippen molar-refractivity contribution in [3.8, 4) is 0 Å². The zero-order valence-corrected chi connectivity index (χ0v) is 18.1. The van der Waals surface area contributed by atoms with E-state index in [9.17, 15) is 8.42 Å². The Morgan fingerprint density at radius 2 is 1.11 bits per heavy atom. The van der Waals surface area contributed by atoms with Gasteiger partial charge in [0, 0.05) is 0 Å². The fourth-order valence-electron chi connectivity index (χ4n) is 3.30. The number of hydrogen-bond donors (Lipinski definition) is 0. The fraction of sp³-hybridized carbons (Fsp3) is 0.739. The quantitative estimate of drug-likeness (QED) is 0.130. The summed E-state index contributed by atoms with van der Waals surface area (Å²) in [6.07, 6.45) is 18.1. The third kappa shape index (κ3) is 17.6. The SMILES string of the molecule is CCCCCCCCCCCCCCCCOS(=O)(=O)Cc1ccccc1.[BaH2]. The van der Waals surface area contributed by atoms with Crippen LogP contribution in [0, 0.1) is 0 Å². The molecule has 0 bridgehead atoms. The van der Waals surface area contributed by atoms with Gasteiger partial charge in [0.1, 0.15) is 5.75 Å². The van der Waals surface area contributed by atoms with Crippen molar-refractivity contribution in [1.29, 1.82) is 0 Å². The van der Waals surface area contributed by atoms with Gasteiger partial charge in [-0.2, -0.15) is 8.42 Å². The van der Waals surface area contributed by atoms with Crippen molar-refractivity contribution in [2.75, 3.05) is 6.61 Å². The molecule has 0 fully saturated rings. The molecule has 0 aliphatic heterocycles. The van der Waals surface area contributed by atoms with Crippen LogP contribution in [0.3, 0.4) is 0 Å². The normalized spacial score (nSPS) is 11.3. The Bertz CT molecular complexity index is 546. The molecule has 0 radical (unpaired) electrons. The Kier molecular flexibility index (Phi) is 20.1. The minimum absolute atomic E-state index is 0. The third-order valence-electron chi connectivity index (χ3n) is 4.95. The van der Waals surface area contributed by atoms with E-state index in [4.69, 9.17) is 4.18 Å². The maximum absolute atomic E-state index is 11.9. The van der Waals surface area contributed by atoms with Crippen LogP contribution in [-0.2, 0) is 20.1 Å². The van der Waals surface area contributed by atoms with Crippen LogP contribution in [0.1, 0.15) is 102 Å². The molecule has 0 saturated heterocycles. The fourth-order valence-corrected chi connectivity index (χ4v) is 4.36. The average Bonchev–Trinajstić information content (AvgIpc) is 2.65. The zero-order valence-electron chi connectivity index (χ0n) is 17.3. The molecule has 0 N–H and O–H groups in total. The molecule has 0 unspecified atom stereocenters. The van der Waals surface area contributed by atoms with Gasteiger partial charge in [0.05, 0.1) is 6.61 Å². The van der Waals surface area contributed by atoms with Crippen LogP contribution in [0.4, 0.5) is 0 Å². The zero-order chi connectivity index (χ0) is 19.6. The molecule has 0 amide bonds. The van der Waals surface area contributed by atoms with Gasteiger partial charge >= 0.3 is 48.9 Å². The topological polar surface area (TPSA) is 43.4 Å². The van der Waals surface area contributed by atoms with Crippen LogP contribution in [0.15, 0.2) is 30.3 Å². The van der Waals surface area contributed by atoms with Crippen LogP contribution in [0.5, 0.6) is 0 Å². The summed E-state index contributed by atoms with van der Waals surface area (Å²) < 4.78 is 28.9. The van der Waals surface area contributed by atoms with Crippen LogP contribution >= 0.6 is 0 Å². The molecule has 28 heavy (non-hydrogen) atoms. The first-order valence-corrected chi connectivity index (χ1v) is 12.6. The summed E-state index contributed by atoms with van der Waals surface area (Å²) in [7, 11) is -3.45. The van der Waals surface area contributed by atoms with Crippen molar-refractivity contribution >= 4 is 59.0 Å². The number of benzene rings is 1. The number of rotatable bonds is 18. The monoisotopic (exact) mass is 536 g/mol. The maximum atomic E-state index is 11.9. The van der Waals surface area contributed by atoms with Gasteiger partial charge in [-0.25, -0.2) is 0 Å². The van der Waals surface area contributed by atoms with E-state index in [1.807, 2.05) is 30.3 Å². The van der Waals surface area contributed by atoms with Gasteiger partial charge in [-0.3, -0.25) is 4.18 Å². The molecule has 1 aromatic rings. The molecule has 0 heterocycles. The van der Waals surface area contributed by atoms with Gasteiger partial charge in [0.2, 0.25) is 0 Å². The van der Waals surface area contributed by atoms with Gasteiger partial charge in [-0.05, 0) is 12.0 Å². The first kappa shape index (κ1) is 28.7. The molecule has 160 valence electrons. The van der Waals surface area contributed by atoms with Crippen molar-refractivity contribution in [2.45, 2.75) is 103 Å². The van der Waals surface area contributed by atoms with E-state index in [1.54, 1.807) is 0 Å². The number of unbranched alkanes of at least 4 members (excludes halogenated alkanes) is 13. The van der Waals surface area contributed by atoms with Crippen LogP contribution in [-0.4, -0.2) is 63.9 Å². The van der Waals surface area contributed by atoms with E-state index in [2.05, 4.69) is 6.92 Å². The molecule has 3 nitrogen and oxygen atoms in total. The Hall–Kier alpha value is 0.701. The predicted octanol–water partition coefficient (Wildman–Crippen LogP) is 6.10. The van der Waals surface area contributed by atoms with Crippen molar-refractivity contribution in [3.63, 3.8) is 0 Å². The summed E-state index contributed by atoms with van der Waals surface area (Å²) in [6.45, 7) is 2.58. The summed E-state index contributed by atoms with van der Waals surface area (Å²) in [5, 5.41) is 0. The minimum atomic E-state index is -3.45. The second-order valence-corrected chi connectivity index (χ2v) is 9.25. The Balaban J connectivity index is 0.00000729.